The van der Waals surface area contributed by atoms with Crippen molar-refractivity contribution in [3.05, 3.63) is 65.5 Å². The van der Waals surface area contributed by atoms with Gasteiger partial charge in [-0.2, -0.15) is 0 Å². The van der Waals surface area contributed by atoms with Gasteiger partial charge in [-0.15, -0.1) is 0 Å². The number of nitrogens with zero attached hydrogens (tertiary/aromatic N) is 2. The summed E-state index contributed by atoms with van der Waals surface area (Å²) in [7, 11) is 0. The number of hydrogen-bond acceptors (Lipinski definition) is 3. The Bertz CT molecular complexity index is 985. The summed E-state index contributed by atoms with van der Waals surface area (Å²) < 4.78 is 13.1. The Morgan fingerprint density at radius 1 is 0.875 bits per heavy atom. The third-order valence-corrected chi connectivity index (χ3v) is 5.03. The zero-order valence-corrected chi connectivity index (χ0v) is 18.7. The Labute approximate surface area is 187 Å². The van der Waals surface area contributed by atoms with Gasteiger partial charge in [-0.3, -0.25) is 9.59 Å². The van der Waals surface area contributed by atoms with Crippen LogP contribution in [0, 0.1) is 5.82 Å². The summed E-state index contributed by atoms with van der Waals surface area (Å²) in [5.41, 5.74) is 1.05. The molecule has 0 unspecified atom stereocenters. The van der Waals surface area contributed by atoms with E-state index in [0.717, 1.165) is 0 Å². The summed E-state index contributed by atoms with van der Waals surface area (Å²) in [5.74, 6) is -0.775. The number of amides is 4. The van der Waals surface area contributed by atoms with Crippen LogP contribution in [0.1, 0.15) is 47.9 Å². The van der Waals surface area contributed by atoms with Gasteiger partial charge >= 0.3 is 6.03 Å². The summed E-state index contributed by atoms with van der Waals surface area (Å²) in [4.78, 5) is 41.2. The fraction of sp³-hybridized carbons (Fsp3) is 0.375. The molecule has 8 heteroatoms. The SMILES string of the molecule is CC(C)(C)NC(=O)c1cccc(NC(=O)N2CCCN(C(=O)c3ccc(F)cc3)CC2)c1. The molecular formula is C24H29FN4O3. The Morgan fingerprint density at radius 2 is 1.53 bits per heavy atom. The molecule has 1 saturated heterocycles. The van der Waals surface area contributed by atoms with Crippen molar-refractivity contribution in [2.45, 2.75) is 32.7 Å². The van der Waals surface area contributed by atoms with E-state index in [1.807, 2.05) is 20.8 Å². The number of nitrogens with one attached hydrogen (secondary N) is 2. The normalized spacial score (nSPS) is 14.5. The highest BCUT2D eigenvalue weighted by Crippen LogP contribution is 2.15. The first-order valence-corrected chi connectivity index (χ1v) is 10.7. The van der Waals surface area contributed by atoms with Crippen molar-refractivity contribution in [2.24, 2.45) is 0 Å². The highest BCUT2D eigenvalue weighted by Gasteiger charge is 2.23. The molecule has 0 aromatic heterocycles. The molecular weight excluding hydrogens is 411 g/mol. The van der Waals surface area contributed by atoms with Gasteiger partial charge < -0.3 is 20.4 Å². The first-order valence-electron chi connectivity index (χ1n) is 10.7. The maximum Gasteiger partial charge on any atom is 0.321 e. The molecule has 2 aromatic carbocycles. The van der Waals surface area contributed by atoms with E-state index in [1.54, 1.807) is 34.1 Å². The van der Waals surface area contributed by atoms with Gasteiger partial charge in [0.1, 0.15) is 5.82 Å². The van der Waals surface area contributed by atoms with Crippen LogP contribution in [0.5, 0.6) is 0 Å². The van der Waals surface area contributed by atoms with Crippen LogP contribution in [0.25, 0.3) is 0 Å². The molecule has 2 aromatic rings. The molecule has 0 bridgehead atoms. The molecule has 2 N–H and O–H groups in total. The second kappa shape index (κ2) is 9.80. The number of carbonyl (C=O) groups is 3. The van der Waals surface area contributed by atoms with Crippen LogP contribution in [0.3, 0.4) is 0 Å². The molecule has 0 saturated carbocycles. The Hall–Kier alpha value is -3.42. The minimum atomic E-state index is -0.389. The third-order valence-electron chi connectivity index (χ3n) is 5.03. The Balaban J connectivity index is 1.59. The number of urea groups is 1. The van der Waals surface area contributed by atoms with Crippen LogP contribution in [-0.4, -0.2) is 59.4 Å². The van der Waals surface area contributed by atoms with E-state index in [9.17, 15) is 18.8 Å². The number of benzene rings is 2. The second-order valence-corrected chi connectivity index (χ2v) is 8.85. The van der Waals surface area contributed by atoms with Crippen molar-refractivity contribution in [3.63, 3.8) is 0 Å². The first-order chi connectivity index (χ1) is 15.1. The van der Waals surface area contributed by atoms with Crippen molar-refractivity contribution in [2.75, 3.05) is 31.5 Å². The Kier molecular flexibility index (Phi) is 7.12. The van der Waals surface area contributed by atoms with Crippen molar-refractivity contribution >= 4 is 23.5 Å². The molecule has 0 radical (unpaired) electrons. The van der Waals surface area contributed by atoms with Gasteiger partial charge in [0.05, 0.1) is 0 Å². The van der Waals surface area contributed by atoms with Crippen LogP contribution >= 0.6 is 0 Å². The lowest BCUT2D eigenvalue weighted by Gasteiger charge is -2.23. The quantitative estimate of drug-likeness (QED) is 0.763. The minimum Gasteiger partial charge on any atom is -0.347 e. The maximum atomic E-state index is 13.1. The average Bonchev–Trinajstić information content (AvgIpc) is 2.99. The molecule has 170 valence electrons. The van der Waals surface area contributed by atoms with Gasteiger partial charge in [0, 0.05) is 48.5 Å². The number of rotatable bonds is 3. The van der Waals surface area contributed by atoms with E-state index >= 15 is 0 Å². The highest BCUT2D eigenvalue weighted by atomic mass is 19.1. The zero-order valence-electron chi connectivity index (χ0n) is 18.7. The summed E-state index contributed by atoms with van der Waals surface area (Å²) in [5, 5.41) is 5.74. The van der Waals surface area contributed by atoms with Crippen LogP contribution in [0.2, 0.25) is 0 Å². The highest BCUT2D eigenvalue weighted by molar-refractivity contribution is 5.97. The lowest BCUT2D eigenvalue weighted by atomic mass is 10.1. The van der Waals surface area contributed by atoms with E-state index in [1.165, 1.54) is 24.3 Å². The summed E-state index contributed by atoms with van der Waals surface area (Å²) in [6.07, 6.45) is 0.633. The monoisotopic (exact) mass is 440 g/mol. The number of halogens is 1. The van der Waals surface area contributed by atoms with Gasteiger partial charge in [0.25, 0.3) is 11.8 Å². The van der Waals surface area contributed by atoms with Crippen molar-refractivity contribution in [1.29, 1.82) is 0 Å². The molecule has 0 aliphatic carbocycles. The van der Waals surface area contributed by atoms with E-state index < -0.39 is 0 Å². The fourth-order valence-corrected chi connectivity index (χ4v) is 3.45. The number of hydrogen-bond donors (Lipinski definition) is 2. The van der Waals surface area contributed by atoms with E-state index in [0.29, 0.717) is 49.4 Å². The minimum absolute atomic E-state index is 0.176. The summed E-state index contributed by atoms with van der Waals surface area (Å²) >= 11 is 0. The van der Waals surface area contributed by atoms with Crippen molar-refractivity contribution < 1.29 is 18.8 Å². The number of carbonyl (C=O) groups excluding carboxylic acids is 3. The van der Waals surface area contributed by atoms with Gasteiger partial charge in [0.15, 0.2) is 0 Å². The molecule has 7 nitrogen and oxygen atoms in total. The molecule has 1 heterocycles. The average molecular weight is 441 g/mol. The van der Waals surface area contributed by atoms with Crippen molar-refractivity contribution in [1.82, 2.24) is 15.1 Å². The topological polar surface area (TPSA) is 81.8 Å². The van der Waals surface area contributed by atoms with Crippen LogP contribution in [0.4, 0.5) is 14.9 Å². The second-order valence-electron chi connectivity index (χ2n) is 8.85. The van der Waals surface area contributed by atoms with E-state index in [-0.39, 0.29) is 29.2 Å². The largest absolute Gasteiger partial charge is 0.347 e. The standard InChI is InChI=1S/C24H29FN4O3/c1-24(2,3)27-21(30)18-6-4-7-20(16-18)26-23(32)29-13-5-12-28(14-15-29)22(31)17-8-10-19(25)11-9-17/h4,6-11,16H,5,12-15H2,1-3H3,(H,26,32)(H,27,30). The van der Waals surface area contributed by atoms with E-state index in [4.69, 9.17) is 0 Å². The fourth-order valence-electron chi connectivity index (χ4n) is 3.45. The molecule has 0 atom stereocenters. The lowest BCUT2D eigenvalue weighted by Crippen LogP contribution is -2.40. The van der Waals surface area contributed by atoms with Crippen LogP contribution in [0.15, 0.2) is 48.5 Å². The Morgan fingerprint density at radius 3 is 2.22 bits per heavy atom. The molecule has 32 heavy (non-hydrogen) atoms. The lowest BCUT2D eigenvalue weighted by molar-refractivity contribution is 0.0762. The molecule has 1 aliphatic rings. The van der Waals surface area contributed by atoms with Gasteiger partial charge in [-0.25, -0.2) is 9.18 Å². The maximum absolute atomic E-state index is 13.1. The molecule has 0 spiro atoms. The smallest absolute Gasteiger partial charge is 0.321 e. The zero-order chi connectivity index (χ0) is 23.3. The predicted octanol–water partition coefficient (Wildman–Crippen LogP) is 3.73. The van der Waals surface area contributed by atoms with Crippen LogP contribution < -0.4 is 10.6 Å². The first kappa shape index (κ1) is 23.2. The van der Waals surface area contributed by atoms with Crippen LogP contribution in [-0.2, 0) is 0 Å². The molecule has 1 aliphatic heterocycles. The molecule has 1 fully saturated rings. The number of anilines is 1. The van der Waals surface area contributed by atoms with Gasteiger partial charge in [0.2, 0.25) is 0 Å². The third kappa shape index (κ3) is 6.29. The van der Waals surface area contributed by atoms with E-state index in [2.05, 4.69) is 10.6 Å². The summed E-state index contributed by atoms with van der Waals surface area (Å²) in [6, 6.07) is 12.0. The summed E-state index contributed by atoms with van der Waals surface area (Å²) in [6.45, 7) is 7.49. The molecule has 3 rings (SSSR count). The van der Waals surface area contributed by atoms with Gasteiger partial charge in [-0.1, -0.05) is 6.07 Å². The predicted molar refractivity (Wildman–Crippen MR) is 121 cm³/mol. The van der Waals surface area contributed by atoms with Crippen molar-refractivity contribution in [3.8, 4) is 0 Å². The molecule has 4 amide bonds. The van der Waals surface area contributed by atoms with Gasteiger partial charge in [-0.05, 0) is 69.7 Å².